The van der Waals surface area contributed by atoms with Gasteiger partial charge in [-0.3, -0.25) is 18.7 Å². The number of aromatic nitrogens is 2. The van der Waals surface area contributed by atoms with Gasteiger partial charge in [0.05, 0.1) is 25.3 Å². The van der Waals surface area contributed by atoms with Gasteiger partial charge in [-0.05, 0) is 61.6 Å². The van der Waals surface area contributed by atoms with E-state index in [9.17, 15) is 18.8 Å². The molecule has 0 bridgehead atoms. The van der Waals surface area contributed by atoms with Crippen LogP contribution in [0, 0.1) is 12.7 Å². The maximum atomic E-state index is 14.8. The minimum atomic E-state index is -0.826. The molecular weight excluding hydrogens is 561 g/mol. The average molecular weight is 594 g/mol. The Bertz CT molecular complexity index is 1650. The van der Waals surface area contributed by atoms with Gasteiger partial charge in [0.15, 0.2) is 0 Å². The Balaban J connectivity index is 1.74. The first kappa shape index (κ1) is 30.7. The van der Waals surface area contributed by atoms with Crippen LogP contribution in [-0.4, -0.2) is 26.8 Å². The Morgan fingerprint density at radius 1 is 1.00 bits per heavy atom. The molecule has 10 heteroatoms. The molecule has 0 saturated carbocycles. The Kier molecular flexibility index (Phi) is 10.3. The van der Waals surface area contributed by atoms with Crippen LogP contribution in [0.4, 0.5) is 4.39 Å². The molecule has 220 valence electrons. The fraction of sp³-hybridized carbons (Fsp3) is 0.281. The number of hydrogen-bond acceptors (Lipinski definition) is 5. The van der Waals surface area contributed by atoms with Gasteiger partial charge in [-0.1, -0.05) is 60.1 Å². The summed E-state index contributed by atoms with van der Waals surface area (Å²) in [6.07, 6.45) is 2.06. The van der Waals surface area contributed by atoms with Crippen LogP contribution in [0.1, 0.15) is 48.5 Å². The standard InChI is InChI=1S/C32H33ClFN3O5/c1-21-30(23-12-8-13-24(18-23)42-17-7-3-6-16-29(38)39)31(40)37(20-28(35)22-10-4-2-5-11-22)32(41)36(21)19-25-26(33)14-9-15-27(25)34/h2,4-5,8-15,18,28H,3,6-7,16-17,19-20,35H2,1H3,(H,38,39). The number of nitrogens with zero attached hydrogens (tertiary/aromatic N) is 2. The number of carboxylic acids is 1. The topological polar surface area (TPSA) is 117 Å². The Morgan fingerprint density at radius 3 is 2.45 bits per heavy atom. The third kappa shape index (κ3) is 7.35. The summed E-state index contributed by atoms with van der Waals surface area (Å²) in [5, 5.41) is 8.96. The summed E-state index contributed by atoms with van der Waals surface area (Å²) in [7, 11) is 0. The van der Waals surface area contributed by atoms with Crippen molar-refractivity contribution in [1.29, 1.82) is 0 Å². The van der Waals surface area contributed by atoms with Crippen LogP contribution in [0.2, 0.25) is 5.02 Å². The molecule has 0 spiro atoms. The molecule has 42 heavy (non-hydrogen) atoms. The molecule has 1 atom stereocenters. The third-order valence-electron chi connectivity index (χ3n) is 7.10. The lowest BCUT2D eigenvalue weighted by Crippen LogP contribution is -2.44. The predicted molar refractivity (Wildman–Crippen MR) is 161 cm³/mol. The molecule has 4 aromatic rings. The Hall–Kier alpha value is -4.21. The van der Waals surface area contributed by atoms with Crippen LogP contribution >= 0.6 is 11.6 Å². The van der Waals surface area contributed by atoms with Crippen molar-refractivity contribution in [1.82, 2.24) is 9.13 Å². The normalized spacial score (nSPS) is 11.8. The van der Waals surface area contributed by atoms with E-state index in [1.165, 1.54) is 16.7 Å². The fourth-order valence-electron chi connectivity index (χ4n) is 4.81. The number of hydrogen-bond donors (Lipinski definition) is 2. The van der Waals surface area contributed by atoms with Crippen molar-refractivity contribution in [3.63, 3.8) is 0 Å². The highest BCUT2D eigenvalue weighted by molar-refractivity contribution is 6.31. The molecule has 0 radical (unpaired) electrons. The summed E-state index contributed by atoms with van der Waals surface area (Å²) in [6, 6.07) is 19.8. The van der Waals surface area contributed by atoms with Crippen LogP contribution in [0.3, 0.4) is 0 Å². The SMILES string of the molecule is Cc1c(-c2cccc(OCCCCCC(=O)O)c2)c(=O)n(CC(N)c2ccccc2)c(=O)n1Cc1c(F)cccc1Cl. The van der Waals surface area contributed by atoms with Crippen molar-refractivity contribution in [2.24, 2.45) is 5.73 Å². The fourth-order valence-corrected chi connectivity index (χ4v) is 5.03. The number of carboxylic acid groups (broad SMARTS) is 1. The first-order chi connectivity index (χ1) is 20.2. The first-order valence-corrected chi connectivity index (χ1v) is 14.1. The molecule has 8 nitrogen and oxygen atoms in total. The predicted octanol–water partition coefficient (Wildman–Crippen LogP) is 5.55. The average Bonchev–Trinajstić information content (AvgIpc) is 2.97. The second-order valence-electron chi connectivity index (χ2n) is 10.0. The minimum Gasteiger partial charge on any atom is -0.494 e. The lowest BCUT2D eigenvalue weighted by Gasteiger charge is -2.20. The lowest BCUT2D eigenvalue weighted by atomic mass is 10.0. The molecule has 1 aromatic heterocycles. The summed E-state index contributed by atoms with van der Waals surface area (Å²) in [5.74, 6) is -0.868. The number of rotatable bonds is 13. The zero-order chi connectivity index (χ0) is 30.2. The maximum absolute atomic E-state index is 14.8. The highest BCUT2D eigenvalue weighted by Gasteiger charge is 2.22. The van der Waals surface area contributed by atoms with Gasteiger partial charge < -0.3 is 15.6 Å². The molecular formula is C32H33ClFN3O5. The lowest BCUT2D eigenvalue weighted by molar-refractivity contribution is -0.137. The molecule has 0 fully saturated rings. The van der Waals surface area contributed by atoms with Gasteiger partial charge >= 0.3 is 11.7 Å². The van der Waals surface area contributed by atoms with Crippen molar-refractivity contribution in [3.8, 4) is 16.9 Å². The smallest absolute Gasteiger partial charge is 0.331 e. The van der Waals surface area contributed by atoms with Gasteiger partial charge in [-0.15, -0.1) is 0 Å². The van der Waals surface area contributed by atoms with E-state index in [4.69, 9.17) is 27.2 Å². The molecule has 1 heterocycles. The highest BCUT2D eigenvalue weighted by Crippen LogP contribution is 2.26. The molecule has 3 N–H and O–H groups in total. The zero-order valence-corrected chi connectivity index (χ0v) is 24.0. The van der Waals surface area contributed by atoms with Crippen molar-refractivity contribution in [2.45, 2.75) is 51.7 Å². The molecule has 0 aliphatic rings. The van der Waals surface area contributed by atoms with Crippen LogP contribution < -0.4 is 21.7 Å². The maximum Gasteiger partial charge on any atom is 0.331 e. The van der Waals surface area contributed by atoms with E-state index in [1.54, 1.807) is 37.3 Å². The van der Waals surface area contributed by atoms with Gasteiger partial charge in [0, 0.05) is 28.7 Å². The van der Waals surface area contributed by atoms with Gasteiger partial charge in [-0.25, -0.2) is 9.18 Å². The summed E-state index contributed by atoms with van der Waals surface area (Å²) in [6.45, 7) is 1.75. The van der Waals surface area contributed by atoms with E-state index in [0.717, 1.165) is 10.1 Å². The second kappa shape index (κ2) is 14.1. The van der Waals surface area contributed by atoms with Gasteiger partial charge in [0.1, 0.15) is 11.6 Å². The number of unbranched alkanes of at least 4 members (excludes halogenated alkanes) is 2. The van der Waals surface area contributed by atoms with Gasteiger partial charge in [0.25, 0.3) is 5.56 Å². The largest absolute Gasteiger partial charge is 0.494 e. The summed E-state index contributed by atoms with van der Waals surface area (Å²) < 4.78 is 23.1. The first-order valence-electron chi connectivity index (χ1n) is 13.7. The molecule has 0 amide bonds. The Morgan fingerprint density at radius 2 is 1.74 bits per heavy atom. The molecule has 1 unspecified atom stereocenters. The minimum absolute atomic E-state index is 0.0908. The number of benzene rings is 3. The summed E-state index contributed by atoms with van der Waals surface area (Å²) >= 11 is 6.30. The van der Waals surface area contributed by atoms with E-state index in [2.05, 4.69) is 0 Å². The number of ether oxygens (including phenoxy) is 1. The van der Waals surface area contributed by atoms with E-state index < -0.39 is 29.1 Å². The number of halogens is 2. The van der Waals surface area contributed by atoms with E-state index in [0.29, 0.717) is 42.9 Å². The number of carbonyl (C=O) groups is 1. The van der Waals surface area contributed by atoms with Crippen LogP contribution in [0.25, 0.3) is 11.1 Å². The number of aliphatic carboxylic acids is 1. The third-order valence-corrected chi connectivity index (χ3v) is 7.45. The monoisotopic (exact) mass is 593 g/mol. The van der Waals surface area contributed by atoms with Gasteiger partial charge in [-0.2, -0.15) is 0 Å². The molecule has 0 aliphatic heterocycles. The van der Waals surface area contributed by atoms with Crippen LogP contribution in [0.5, 0.6) is 5.75 Å². The van der Waals surface area contributed by atoms with Crippen LogP contribution in [-0.2, 0) is 17.9 Å². The second-order valence-corrected chi connectivity index (χ2v) is 10.5. The zero-order valence-electron chi connectivity index (χ0n) is 23.3. The number of nitrogens with two attached hydrogens (primary N) is 1. The highest BCUT2D eigenvalue weighted by atomic mass is 35.5. The van der Waals surface area contributed by atoms with Gasteiger partial charge in [0.2, 0.25) is 0 Å². The van der Waals surface area contributed by atoms with Crippen molar-refractivity contribution < 1.29 is 19.0 Å². The summed E-state index contributed by atoms with van der Waals surface area (Å²) in [4.78, 5) is 38.4. The molecule has 3 aromatic carbocycles. The van der Waals surface area contributed by atoms with E-state index >= 15 is 0 Å². The van der Waals surface area contributed by atoms with Crippen molar-refractivity contribution >= 4 is 17.6 Å². The summed E-state index contributed by atoms with van der Waals surface area (Å²) in [5.41, 5.74) is 7.30. The Labute approximate surface area is 247 Å². The van der Waals surface area contributed by atoms with Crippen molar-refractivity contribution in [3.05, 3.63) is 121 Å². The molecule has 0 saturated heterocycles. The quantitative estimate of drug-likeness (QED) is 0.196. The van der Waals surface area contributed by atoms with Crippen LogP contribution in [0.15, 0.2) is 82.4 Å². The van der Waals surface area contributed by atoms with Crippen molar-refractivity contribution in [2.75, 3.05) is 6.61 Å². The van der Waals surface area contributed by atoms with E-state index in [-0.39, 0.29) is 35.7 Å². The molecule has 4 rings (SSSR count). The molecule has 0 aliphatic carbocycles. The van der Waals surface area contributed by atoms with E-state index in [1.807, 2.05) is 30.3 Å².